The van der Waals surface area contributed by atoms with Crippen LogP contribution in [0.5, 0.6) is 0 Å². The third kappa shape index (κ3) is 2.91. The van der Waals surface area contributed by atoms with Crippen molar-refractivity contribution < 1.29 is 0 Å². The van der Waals surface area contributed by atoms with Gasteiger partial charge in [0.05, 0.1) is 10.7 Å². The Bertz CT molecular complexity index is 585. The number of nitrogens with zero attached hydrogens (tertiary/aromatic N) is 2. The topological polar surface area (TPSA) is 37.8 Å². The average Bonchev–Trinajstić information content (AvgIpc) is 3.38. The molecule has 2 fully saturated rings. The van der Waals surface area contributed by atoms with E-state index in [-0.39, 0.29) is 0 Å². The molecular weight excluding hydrogens is 266 g/mol. The number of aromatic nitrogens is 2. The van der Waals surface area contributed by atoms with E-state index < -0.39 is 0 Å². The van der Waals surface area contributed by atoms with Gasteiger partial charge in [-0.25, -0.2) is 4.98 Å². The Balaban J connectivity index is 1.52. The SMILES string of the molecule is c1ccc(Cc2nc(C3CC3)c(CNC3CC3)s2)nc1. The van der Waals surface area contributed by atoms with Gasteiger partial charge in [0.2, 0.25) is 0 Å². The molecule has 0 aliphatic heterocycles. The second-order valence-corrected chi connectivity index (χ2v) is 7.01. The molecular formula is C16H19N3S. The molecule has 0 atom stereocenters. The van der Waals surface area contributed by atoms with Gasteiger partial charge in [-0.2, -0.15) is 0 Å². The van der Waals surface area contributed by atoms with Crippen molar-refractivity contribution in [3.8, 4) is 0 Å². The van der Waals surface area contributed by atoms with Crippen LogP contribution in [-0.4, -0.2) is 16.0 Å². The molecule has 20 heavy (non-hydrogen) atoms. The zero-order valence-electron chi connectivity index (χ0n) is 11.5. The summed E-state index contributed by atoms with van der Waals surface area (Å²) in [5, 5.41) is 4.85. The smallest absolute Gasteiger partial charge is 0.0991 e. The van der Waals surface area contributed by atoms with E-state index in [1.807, 2.05) is 29.7 Å². The fraction of sp³-hybridized carbons (Fsp3) is 0.500. The van der Waals surface area contributed by atoms with E-state index >= 15 is 0 Å². The zero-order chi connectivity index (χ0) is 13.4. The number of thiazole rings is 1. The van der Waals surface area contributed by atoms with Gasteiger partial charge in [0, 0.05) is 41.7 Å². The molecule has 0 radical (unpaired) electrons. The zero-order valence-corrected chi connectivity index (χ0v) is 12.3. The molecule has 0 spiro atoms. The quantitative estimate of drug-likeness (QED) is 0.885. The van der Waals surface area contributed by atoms with Crippen molar-refractivity contribution in [2.75, 3.05) is 0 Å². The van der Waals surface area contributed by atoms with Crippen molar-refractivity contribution in [3.05, 3.63) is 45.7 Å². The minimum absolute atomic E-state index is 0.736. The Morgan fingerprint density at radius 3 is 2.80 bits per heavy atom. The van der Waals surface area contributed by atoms with Crippen LogP contribution in [0.3, 0.4) is 0 Å². The van der Waals surface area contributed by atoms with Crippen LogP contribution in [0.1, 0.15) is 52.9 Å². The first kappa shape index (κ1) is 12.5. The van der Waals surface area contributed by atoms with Crippen LogP contribution in [0.2, 0.25) is 0 Å². The van der Waals surface area contributed by atoms with Crippen LogP contribution in [0.4, 0.5) is 0 Å². The first-order valence-corrected chi connectivity index (χ1v) is 8.32. The molecule has 4 rings (SSSR count). The summed E-state index contributed by atoms with van der Waals surface area (Å²) >= 11 is 1.88. The Kier molecular flexibility index (Phi) is 3.28. The Hall–Kier alpha value is -1.26. The lowest BCUT2D eigenvalue weighted by molar-refractivity contribution is 0.688. The Labute approximate surface area is 123 Å². The van der Waals surface area contributed by atoms with Crippen LogP contribution < -0.4 is 5.32 Å². The highest BCUT2D eigenvalue weighted by atomic mass is 32.1. The lowest BCUT2D eigenvalue weighted by Crippen LogP contribution is -2.15. The summed E-state index contributed by atoms with van der Waals surface area (Å²) in [6, 6.07) is 6.86. The minimum Gasteiger partial charge on any atom is -0.309 e. The molecule has 4 heteroatoms. The number of nitrogens with one attached hydrogen (secondary N) is 1. The van der Waals surface area contributed by atoms with E-state index in [4.69, 9.17) is 4.98 Å². The molecule has 0 bridgehead atoms. The Morgan fingerprint density at radius 1 is 1.20 bits per heavy atom. The predicted molar refractivity (Wildman–Crippen MR) is 81.0 cm³/mol. The molecule has 2 aliphatic rings. The minimum atomic E-state index is 0.736. The predicted octanol–water partition coefficient (Wildman–Crippen LogP) is 3.26. The van der Waals surface area contributed by atoms with Gasteiger partial charge in [-0.05, 0) is 37.8 Å². The summed E-state index contributed by atoms with van der Waals surface area (Å²) in [5.74, 6) is 0.736. The molecule has 104 valence electrons. The van der Waals surface area contributed by atoms with Gasteiger partial charge in [-0.1, -0.05) is 6.07 Å². The van der Waals surface area contributed by atoms with Gasteiger partial charge < -0.3 is 5.32 Å². The van der Waals surface area contributed by atoms with Crippen molar-refractivity contribution in [2.45, 2.75) is 50.6 Å². The maximum Gasteiger partial charge on any atom is 0.0991 e. The number of hydrogen-bond acceptors (Lipinski definition) is 4. The van der Waals surface area contributed by atoms with Crippen molar-refractivity contribution >= 4 is 11.3 Å². The maximum absolute atomic E-state index is 4.90. The summed E-state index contributed by atoms with van der Waals surface area (Å²) in [5.41, 5.74) is 2.49. The van der Waals surface area contributed by atoms with Crippen molar-refractivity contribution in [1.82, 2.24) is 15.3 Å². The molecule has 2 aromatic heterocycles. The van der Waals surface area contributed by atoms with Crippen molar-refractivity contribution in [1.29, 1.82) is 0 Å². The summed E-state index contributed by atoms with van der Waals surface area (Å²) in [6.07, 6.45) is 8.07. The van der Waals surface area contributed by atoms with Crippen LogP contribution in [0.25, 0.3) is 0 Å². The van der Waals surface area contributed by atoms with Crippen LogP contribution >= 0.6 is 11.3 Å². The van der Waals surface area contributed by atoms with Gasteiger partial charge in [-0.15, -0.1) is 11.3 Å². The number of rotatable bonds is 6. The van der Waals surface area contributed by atoms with Gasteiger partial charge in [0.1, 0.15) is 0 Å². The van der Waals surface area contributed by atoms with Crippen LogP contribution in [0.15, 0.2) is 24.4 Å². The number of pyridine rings is 1. The Morgan fingerprint density at radius 2 is 2.10 bits per heavy atom. The highest BCUT2D eigenvalue weighted by Crippen LogP contribution is 2.43. The lowest BCUT2D eigenvalue weighted by atomic mass is 10.2. The van der Waals surface area contributed by atoms with Gasteiger partial charge in [-0.3, -0.25) is 4.98 Å². The third-order valence-electron chi connectivity index (χ3n) is 3.92. The molecule has 2 aliphatic carbocycles. The van der Waals surface area contributed by atoms with E-state index in [0.29, 0.717) is 0 Å². The van der Waals surface area contributed by atoms with E-state index in [9.17, 15) is 0 Å². The van der Waals surface area contributed by atoms with Gasteiger partial charge in [0.25, 0.3) is 0 Å². The largest absolute Gasteiger partial charge is 0.309 e. The molecule has 0 amide bonds. The summed E-state index contributed by atoms with van der Waals surface area (Å²) in [6.45, 7) is 1.01. The molecule has 0 unspecified atom stereocenters. The first-order chi connectivity index (χ1) is 9.88. The third-order valence-corrected chi connectivity index (χ3v) is 4.99. The van der Waals surface area contributed by atoms with E-state index in [0.717, 1.165) is 30.6 Å². The molecule has 2 aromatic rings. The van der Waals surface area contributed by atoms with E-state index in [2.05, 4.69) is 16.4 Å². The number of hydrogen-bond donors (Lipinski definition) is 1. The van der Waals surface area contributed by atoms with Crippen LogP contribution in [-0.2, 0) is 13.0 Å². The van der Waals surface area contributed by atoms with E-state index in [1.165, 1.54) is 41.3 Å². The second kappa shape index (κ2) is 5.26. The molecule has 0 aromatic carbocycles. The summed E-state index contributed by atoms with van der Waals surface area (Å²) in [4.78, 5) is 10.8. The van der Waals surface area contributed by atoms with Crippen molar-refractivity contribution in [2.24, 2.45) is 0 Å². The normalized spacial score (nSPS) is 18.4. The average molecular weight is 285 g/mol. The molecule has 2 heterocycles. The molecule has 2 saturated carbocycles. The van der Waals surface area contributed by atoms with E-state index in [1.54, 1.807) is 0 Å². The highest BCUT2D eigenvalue weighted by Gasteiger charge is 2.30. The summed E-state index contributed by atoms with van der Waals surface area (Å²) < 4.78 is 0. The maximum atomic E-state index is 4.90. The highest BCUT2D eigenvalue weighted by molar-refractivity contribution is 7.11. The molecule has 1 N–H and O–H groups in total. The fourth-order valence-electron chi connectivity index (χ4n) is 2.47. The fourth-order valence-corrected chi connectivity index (χ4v) is 3.59. The standard InChI is InChI=1S/C16H19N3S/c1-2-8-17-13(3-1)9-15-19-16(11-4-5-11)14(20-15)10-18-12-6-7-12/h1-3,8,11-12,18H,4-7,9-10H2. The van der Waals surface area contributed by atoms with Gasteiger partial charge >= 0.3 is 0 Å². The van der Waals surface area contributed by atoms with Gasteiger partial charge in [0.15, 0.2) is 0 Å². The monoisotopic (exact) mass is 285 g/mol. The van der Waals surface area contributed by atoms with Crippen molar-refractivity contribution in [3.63, 3.8) is 0 Å². The lowest BCUT2D eigenvalue weighted by Gasteiger charge is -2.01. The molecule has 3 nitrogen and oxygen atoms in total. The summed E-state index contributed by atoms with van der Waals surface area (Å²) in [7, 11) is 0. The first-order valence-electron chi connectivity index (χ1n) is 7.50. The molecule has 0 saturated heterocycles. The second-order valence-electron chi connectivity index (χ2n) is 5.84. The van der Waals surface area contributed by atoms with Crippen LogP contribution in [0, 0.1) is 0 Å².